The van der Waals surface area contributed by atoms with Gasteiger partial charge in [0.25, 0.3) is 0 Å². The number of rotatable bonds is 4. The molecular formula is C27H40O2. The fourth-order valence-electron chi connectivity index (χ4n) is 3.66. The van der Waals surface area contributed by atoms with Gasteiger partial charge in [0, 0.05) is 6.42 Å². The Bertz CT molecular complexity index is 801. The molecule has 2 aromatic carbocycles. The molecule has 0 aliphatic heterocycles. The van der Waals surface area contributed by atoms with Crippen molar-refractivity contribution in [3.05, 3.63) is 57.6 Å². The first-order valence-corrected chi connectivity index (χ1v) is 10.9. The summed E-state index contributed by atoms with van der Waals surface area (Å²) in [4.78, 5) is 0. The highest BCUT2D eigenvalue weighted by Gasteiger charge is 2.23. The number of hydrogen-bond donors (Lipinski definition) is 2. The van der Waals surface area contributed by atoms with Crippen LogP contribution in [-0.4, -0.2) is 10.2 Å². The first-order valence-electron chi connectivity index (χ1n) is 10.9. The van der Waals surface area contributed by atoms with E-state index in [0.29, 0.717) is 17.9 Å². The molecule has 2 aromatic rings. The lowest BCUT2D eigenvalue weighted by Gasteiger charge is -2.25. The third-order valence-corrected chi connectivity index (χ3v) is 5.79. The van der Waals surface area contributed by atoms with Gasteiger partial charge in [-0.15, -0.1) is 0 Å². The molecule has 0 saturated heterocycles. The van der Waals surface area contributed by atoms with Crippen molar-refractivity contribution in [2.45, 2.75) is 98.3 Å². The SMILES string of the molecule is CC(C)c1cc(C(C)(C)C)cc(Cc2cc(C(C)(C)C)cc(C(C)C)c2O)c1O. The van der Waals surface area contributed by atoms with Gasteiger partial charge in [0.15, 0.2) is 0 Å². The van der Waals surface area contributed by atoms with E-state index in [1.165, 1.54) is 11.1 Å². The van der Waals surface area contributed by atoms with Crippen LogP contribution in [0.1, 0.15) is 114 Å². The minimum atomic E-state index is -0.00944. The predicted octanol–water partition coefficient (Wildman–Crippen LogP) is 7.53. The number of benzene rings is 2. The fourth-order valence-corrected chi connectivity index (χ4v) is 3.66. The summed E-state index contributed by atoms with van der Waals surface area (Å²) < 4.78 is 0. The first kappa shape index (κ1) is 23.3. The third kappa shape index (κ3) is 5.15. The zero-order valence-electron chi connectivity index (χ0n) is 20.1. The van der Waals surface area contributed by atoms with Crippen LogP contribution in [0.2, 0.25) is 0 Å². The van der Waals surface area contributed by atoms with Crippen molar-refractivity contribution in [1.82, 2.24) is 0 Å². The molecule has 29 heavy (non-hydrogen) atoms. The molecule has 0 aliphatic carbocycles. The zero-order chi connectivity index (χ0) is 22.3. The van der Waals surface area contributed by atoms with Gasteiger partial charge in [-0.2, -0.15) is 0 Å². The maximum absolute atomic E-state index is 11.0. The molecule has 2 nitrogen and oxygen atoms in total. The summed E-state index contributed by atoms with van der Waals surface area (Å²) >= 11 is 0. The second kappa shape index (κ2) is 8.05. The standard InChI is InChI=1S/C27H40O2/c1-16(2)22-14-20(26(5,6)7)12-18(24(22)28)11-19-13-21(27(8,9)10)15-23(17(3)4)25(19)29/h12-17,28-29H,11H2,1-10H3. The first-order chi connectivity index (χ1) is 13.1. The van der Waals surface area contributed by atoms with Crippen molar-refractivity contribution in [3.8, 4) is 11.5 Å². The highest BCUT2D eigenvalue weighted by atomic mass is 16.3. The minimum absolute atomic E-state index is 0.00944. The summed E-state index contributed by atoms with van der Waals surface area (Å²) in [5.41, 5.74) is 6.13. The average Bonchev–Trinajstić information content (AvgIpc) is 2.55. The Kier molecular flexibility index (Phi) is 6.47. The van der Waals surface area contributed by atoms with E-state index in [2.05, 4.69) is 93.5 Å². The number of phenols is 2. The topological polar surface area (TPSA) is 40.5 Å². The number of hydrogen-bond acceptors (Lipinski definition) is 2. The van der Waals surface area contributed by atoms with Crippen LogP contribution in [0.3, 0.4) is 0 Å². The van der Waals surface area contributed by atoms with Crippen molar-refractivity contribution in [3.63, 3.8) is 0 Å². The quantitative estimate of drug-likeness (QED) is 0.560. The van der Waals surface area contributed by atoms with Gasteiger partial charge in [-0.1, -0.05) is 93.5 Å². The lowest BCUT2D eigenvalue weighted by Crippen LogP contribution is -2.14. The van der Waals surface area contributed by atoms with E-state index in [0.717, 1.165) is 22.3 Å². The third-order valence-electron chi connectivity index (χ3n) is 5.79. The maximum Gasteiger partial charge on any atom is 0.122 e. The van der Waals surface area contributed by atoms with E-state index in [1.54, 1.807) is 0 Å². The van der Waals surface area contributed by atoms with Gasteiger partial charge in [0.05, 0.1) is 0 Å². The van der Waals surface area contributed by atoms with Gasteiger partial charge >= 0.3 is 0 Å². The van der Waals surface area contributed by atoms with Crippen LogP contribution < -0.4 is 0 Å². The summed E-state index contributed by atoms with van der Waals surface area (Å²) in [7, 11) is 0. The Balaban J connectivity index is 2.70. The molecule has 0 aliphatic rings. The molecule has 0 bridgehead atoms. The van der Waals surface area contributed by atoms with Crippen LogP contribution in [0.4, 0.5) is 0 Å². The van der Waals surface area contributed by atoms with E-state index in [9.17, 15) is 10.2 Å². The Labute approximate surface area is 178 Å². The second-order valence-electron chi connectivity index (χ2n) is 11.1. The zero-order valence-corrected chi connectivity index (χ0v) is 20.1. The summed E-state index contributed by atoms with van der Waals surface area (Å²) in [6.07, 6.45) is 0.519. The van der Waals surface area contributed by atoms with Gasteiger partial charge in [0.2, 0.25) is 0 Å². The average molecular weight is 397 g/mol. The maximum atomic E-state index is 11.0. The minimum Gasteiger partial charge on any atom is -0.507 e. The molecule has 0 aromatic heterocycles. The Morgan fingerprint density at radius 3 is 1.17 bits per heavy atom. The predicted molar refractivity (Wildman–Crippen MR) is 125 cm³/mol. The van der Waals surface area contributed by atoms with Crippen LogP contribution in [0.5, 0.6) is 11.5 Å². The molecule has 2 N–H and O–H groups in total. The molecule has 160 valence electrons. The fraction of sp³-hybridized carbons (Fsp3) is 0.556. The van der Waals surface area contributed by atoms with Gasteiger partial charge < -0.3 is 10.2 Å². The van der Waals surface area contributed by atoms with E-state index < -0.39 is 0 Å². The van der Waals surface area contributed by atoms with Crippen molar-refractivity contribution >= 4 is 0 Å². The summed E-state index contributed by atoms with van der Waals surface area (Å²) in [6.45, 7) is 21.6. The largest absolute Gasteiger partial charge is 0.507 e. The molecule has 0 atom stereocenters. The molecule has 2 heteroatoms. The van der Waals surface area contributed by atoms with E-state index in [-0.39, 0.29) is 22.7 Å². The van der Waals surface area contributed by atoms with E-state index >= 15 is 0 Å². The lowest BCUT2D eigenvalue weighted by atomic mass is 9.80. The molecule has 0 amide bonds. The van der Waals surface area contributed by atoms with Crippen molar-refractivity contribution in [1.29, 1.82) is 0 Å². The molecular weight excluding hydrogens is 356 g/mol. The Morgan fingerprint density at radius 1 is 0.621 bits per heavy atom. The highest BCUT2D eigenvalue weighted by molar-refractivity contribution is 5.53. The molecule has 0 spiro atoms. The van der Waals surface area contributed by atoms with E-state index in [1.807, 2.05) is 0 Å². The lowest BCUT2D eigenvalue weighted by molar-refractivity contribution is 0.450. The molecule has 0 saturated carbocycles. The van der Waals surface area contributed by atoms with Crippen molar-refractivity contribution in [2.24, 2.45) is 0 Å². The van der Waals surface area contributed by atoms with Crippen LogP contribution in [0, 0.1) is 0 Å². The van der Waals surface area contributed by atoms with Crippen molar-refractivity contribution in [2.75, 3.05) is 0 Å². The van der Waals surface area contributed by atoms with Crippen molar-refractivity contribution < 1.29 is 10.2 Å². The second-order valence-corrected chi connectivity index (χ2v) is 11.1. The van der Waals surface area contributed by atoms with Gasteiger partial charge in [-0.25, -0.2) is 0 Å². The molecule has 2 rings (SSSR count). The molecule has 0 unspecified atom stereocenters. The molecule has 0 fully saturated rings. The van der Waals surface area contributed by atoms with Gasteiger partial charge in [-0.3, -0.25) is 0 Å². The highest BCUT2D eigenvalue weighted by Crippen LogP contribution is 2.40. The summed E-state index contributed by atoms with van der Waals surface area (Å²) in [5, 5.41) is 22.1. The van der Waals surface area contributed by atoms with Crippen LogP contribution >= 0.6 is 0 Å². The number of phenolic OH excluding ortho intramolecular Hbond substituents is 2. The van der Waals surface area contributed by atoms with Crippen LogP contribution in [0.15, 0.2) is 24.3 Å². The van der Waals surface area contributed by atoms with Gasteiger partial charge in [0.1, 0.15) is 11.5 Å². The monoisotopic (exact) mass is 396 g/mol. The normalized spacial score (nSPS) is 12.8. The summed E-state index contributed by atoms with van der Waals surface area (Å²) in [5.74, 6) is 1.19. The van der Waals surface area contributed by atoms with Crippen LogP contribution in [0.25, 0.3) is 0 Å². The Morgan fingerprint density at radius 2 is 0.931 bits per heavy atom. The number of aromatic hydroxyl groups is 2. The summed E-state index contributed by atoms with van der Waals surface area (Å²) in [6, 6.07) is 8.49. The Hall–Kier alpha value is -1.96. The van der Waals surface area contributed by atoms with Gasteiger partial charge in [-0.05, 0) is 56.0 Å². The molecule has 0 radical (unpaired) electrons. The smallest absolute Gasteiger partial charge is 0.122 e. The van der Waals surface area contributed by atoms with Crippen LogP contribution in [-0.2, 0) is 17.3 Å². The van der Waals surface area contributed by atoms with E-state index in [4.69, 9.17) is 0 Å². The molecule has 0 heterocycles.